The molecule has 0 heterocycles. The van der Waals surface area contributed by atoms with Crippen molar-refractivity contribution in [3.8, 4) is 0 Å². The summed E-state index contributed by atoms with van der Waals surface area (Å²) < 4.78 is 0. The van der Waals surface area contributed by atoms with Crippen LogP contribution in [-0.2, 0) is 9.59 Å². The predicted octanol–water partition coefficient (Wildman–Crippen LogP) is 3.09. The topological polar surface area (TPSA) is 70.6 Å². The molecule has 0 atom stereocenters. The Morgan fingerprint density at radius 1 is 1.00 bits per heavy atom. The van der Waals surface area contributed by atoms with E-state index in [-0.39, 0.29) is 0 Å². The molecular formula is C17H14ClN3O2. The van der Waals surface area contributed by atoms with E-state index in [4.69, 9.17) is 11.6 Å². The fourth-order valence-electron chi connectivity index (χ4n) is 1.66. The van der Waals surface area contributed by atoms with E-state index in [9.17, 15) is 9.59 Å². The third-order valence-electron chi connectivity index (χ3n) is 2.70. The van der Waals surface area contributed by atoms with Gasteiger partial charge in [-0.1, -0.05) is 54.1 Å². The summed E-state index contributed by atoms with van der Waals surface area (Å²) in [7, 11) is 0. The van der Waals surface area contributed by atoms with E-state index < -0.39 is 11.8 Å². The average Bonchev–Trinajstić information content (AvgIpc) is 2.55. The van der Waals surface area contributed by atoms with Gasteiger partial charge in [-0.2, -0.15) is 5.10 Å². The molecule has 6 heteroatoms. The van der Waals surface area contributed by atoms with Gasteiger partial charge in [0.25, 0.3) is 0 Å². The largest absolute Gasteiger partial charge is 0.329 e. The summed E-state index contributed by atoms with van der Waals surface area (Å²) in [5, 5.41) is 6.56. The lowest BCUT2D eigenvalue weighted by Gasteiger charge is -2.03. The van der Waals surface area contributed by atoms with Crippen molar-refractivity contribution < 1.29 is 9.59 Å². The quantitative estimate of drug-likeness (QED) is 0.514. The van der Waals surface area contributed by atoms with Crippen molar-refractivity contribution in [2.24, 2.45) is 5.10 Å². The molecule has 2 aromatic rings. The molecular weight excluding hydrogens is 314 g/mol. The highest BCUT2D eigenvalue weighted by atomic mass is 35.5. The fourth-order valence-corrected chi connectivity index (χ4v) is 1.85. The van der Waals surface area contributed by atoms with Gasteiger partial charge in [-0.25, -0.2) is 5.43 Å². The van der Waals surface area contributed by atoms with Crippen LogP contribution < -0.4 is 10.7 Å². The highest BCUT2D eigenvalue weighted by Gasteiger charge is 2.12. The Labute approximate surface area is 138 Å². The molecule has 0 aliphatic heterocycles. The summed E-state index contributed by atoms with van der Waals surface area (Å²) in [5.41, 5.74) is 3.58. The van der Waals surface area contributed by atoms with E-state index in [1.807, 2.05) is 36.4 Å². The van der Waals surface area contributed by atoms with Crippen molar-refractivity contribution in [3.05, 3.63) is 71.3 Å². The minimum Gasteiger partial charge on any atom is -0.318 e. The maximum atomic E-state index is 11.7. The zero-order chi connectivity index (χ0) is 16.5. The number of amides is 2. The number of carbonyl (C=O) groups is 2. The highest BCUT2D eigenvalue weighted by molar-refractivity contribution is 6.39. The van der Waals surface area contributed by atoms with Crippen LogP contribution in [0, 0.1) is 0 Å². The Morgan fingerprint density at radius 3 is 2.52 bits per heavy atom. The van der Waals surface area contributed by atoms with Crippen molar-refractivity contribution in [2.45, 2.75) is 0 Å². The van der Waals surface area contributed by atoms with Crippen molar-refractivity contribution in [3.63, 3.8) is 0 Å². The number of nitrogens with one attached hydrogen (secondary N) is 2. The van der Waals surface area contributed by atoms with Crippen LogP contribution >= 0.6 is 11.6 Å². The van der Waals surface area contributed by atoms with E-state index in [2.05, 4.69) is 15.8 Å². The second-order valence-corrected chi connectivity index (χ2v) is 4.89. The second kappa shape index (κ2) is 8.51. The first-order chi connectivity index (χ1) is 11.1. The van der Waals surface area contributed by atoms with Crippen LogP contribution in [0.1, 0.15) is 5.56 Å². The lowest BCUT2D eigenvalue weighted by molar-refractivity contribution is -0.136. The Hall–Kier alpha value is -2.92. The Bertz CT molecular complexity index is 743. The molecule has 0 unspecified atom stereocenters. The van der Waals surface area contributed by atoms with Crippen LogP contribution in [0.25, 0.3) is 6.08 Å². The standard InChI is InChI=1S/C17H14ClN3O2/c18-14-9-4-10-15(12-14)20-16(22)17(23)21-19-11-5-8-13-6-2-1-3-7-13/h1-12H,(H,20,22)(H,21,23)/b8-5+,19-11+. The third kappa shape index (κ3) is 5.76. The Kier molecular flexibility index (Phi) is 6.08. The zero-order valence-electron chi connectivity index (χ0n) is 12.1. The lowest BCUT2D eigenvalue weighted by Crippen LogP contribution is -2.32. The Morgan fingerprint density at radius 2 is 1.78 bits per heavy atom. The van der Waals surface area contributed by atoms with Crippen LogP contribution in [0.15, 0.2) is 65.8 Å². The molecule has 2 N–H and O–H groups in total. The molecule has 5 nitrogen and oxygen atoms in total. The van der Waals surface area contributed by atoms with Gasteiger partial charge in [0.05, 0.1) is 0 Å². The van der Waals surface area contributed by atoms with Crippen LogP contribution in [0.2, 0.25) is 5.02 Å². The minimum absolute atomic E-state index is 0.436. The number of carbonyl (C=O) groups excluding carboxylic acids is 2. The van der Waals surface area contributed by atoms with Crippen LogP contribution in [0.3, 0.4) is 0 Å². The second-order valence-electron chi connectivity index (χ2n) is 4.45. The summed E-state index contributed by atoms with van der Waals surface area (Å²) >= 11 is 5.79. The van der Waals surface area contributed by atoms with Crippen molar-refractivity contribution in [2.75, 3.05) is 5.32 Å². The molecule has 0 aliphatic rings. The smallest absolute Gasteiger partial charge is 0.318 e. The number of hydrogen-bond donors (Lipinski definition) is 2. The molecule has 0 fully saturated rings. The zero-order valence-corrected chi connectivity index (χ0v) is 12.8. The van der Waals surface area contributed by atoms with Gasteiger partial charge in [-0.15, -0.1) is 0 Å². The summed E-state index contributed by atoms with van der Waals surface area (Å²) in [6.45, 7) is 0. The first-order valence-electron chi connectivity index (χ1n) is 6.77. The van der Waals surface area contributed by atoms with Crippen LogP contribution in [-0.4, -0.2) is 18.0 Å². The monoisotopic (exact) mass is 327 g/mol. The number of anilines is 1. The van der Waals surface area contributed by atoms with Crippen molar-refractivity contribution in [1.29, 1.82) is 0 Å². The summed E-state index contributed by atoms with van der Waals surface area (Å²) in [6, 6.07) is 16.1. The number of hydrazone groups is 1. The van der Waals surface area contributed by atoms with Gasteiger partial charge < -0.3 is 5.32 Å². The normalized spacial score (nSPS) is 10.8. The van der Waals surface area contributed by atoms with Gasteiger partial charge in [0.2, 0.25) is 0 Å². The van der Waals surface area contributed by atoms with Crippen molar-refractivity contribution >= 4 is 41.4 Å². The molecule has 23 heavy (non-hydrogen) atoms. The molecule has 0 saturated heterocycles. The molecule has 2 aromatic carbocycles. The predicted molar refractivity (Wildman–Crippen MR) is 92.2 cm³/mol. The van der Waals surface area contributed by atoms with Gasteiger partial charge in [-0.05, 0) is 29.8 Å². The van der Waals surface area contributed by atoms with Gasteiger partial charge in [0, 0.05) is 16.9 Å². The number of nitrogens with zero attached hydrogens (tertiary/aromatic N) is 1. The van der Waals surface area contributed by atoms with Gasteiger partial charge in [-0.3, -0.25) is 9.59 Å². The van der Waals surface area contributed by atoms with Crippen LogP contribution in [0.4, 0.5) is 5.69 Å². The first-order valence-corrected chi connectivity index (χ1v) is 7.14. The molecule has 2 amide bonds. The van der Waals surface area contributed by atoms with Crippen molar-refractivity contribution in [1.82, 2.24) is 5.43 Å². The summed E-state index contributed by atoms with van der Waals surface area (Å²) in [5.74, 6) is -1.69. The summed E-state index contributed by atoms with van der Waals surface area (Å²) in [6.07, 6.45) is 4.86. The third-order valence-corrected chi connectivity index (χ3v) is 2.94. The molecule has 0 aromatic heterocycles. The maximum Gasteiger partial charge on any atom is 0.329 e. The number of rotatable bonds is 4. The van der Waals surface area contributed by atoms with Gasteiger partial charge >= 0.3 is 11.8 Å². The molecule has 0 spiro atoms. The average molecular weight is 328 g/mol. The number of hydrogen-bond acceptors (Lipinski definition) is 3. The van der Waals surface area contributed by atoms with E-state index in [0.29, 0.717) is 10.7 Å². The lowest BCUT2D eigenvalue weighted by atomic mass is 10.2. The minimum atomic E-state index is -0.866. The highest BCUT2D eigenvalue weighted by Crippen LogP contribution is 2.14. The van der Waals surface area contributed by atoms with E-state index >= 15 is 0 Å². The summed E-state index contributed by atoms with van der Waals surface area (Å²) in [4.78, 5) is 23.2. The van der Waals surface area contributed by atoms with Crippen LogP contribution in [0.5, 0.6) is 0 Å². The molecule has 2 rings (SSSR count). The molecule has 0 saturated carbocycles. The van der Waals surface area contributed by atoms with Gasteiger partial charge in [0.15, 0.2) is 0 Å². The SMILES string of the molecule is O=C(N/N=C/C=C/c1ccccc1)C(=O)Nc1cccc(Cl)c1. The number of benzene rings is 2. The fraction of sp³-hybridized carbons (Fsp3) is 0. The number of halogens is 1. The molecule has 0 aliphatic carbocycles. The first kappa shape index (κ1) is 16.5. The molecule has 0 radical (unpaired) electrons. The molecule has 0 bridgehead atoms. The van der Waals surface area contributed by atoms with E-state index in [1.165, 1.54) is 6.21 Å². The van der Waals surface area contributed by atoms with E-state index in [1.54, 1.807) is 30.3 Å². The maximum absolute atomic E-state index is 11.7. The molecule has 116 valence electrons. The van der Waals surface area contributed by atoms with E-state index in [0.717, 1.165) is 5.56 Å². The Balaban J connectivity index is 1.81. The van der Waals surface area contributed by atoms with Gasteiger partial charge in [0.1, 0.15) is 0 Å². The number of allylic oxidation sites excluding steroid dienone is 1.